The van der Waals surface area contributed by atoms with E-state index in [9.17, 15) is 14.7 Å². The zero-order valence-electron chi connectivity index (χ0n) is 18.8. The highest BCUT2D eigenvalue weighted by Gasteiger charge is 2.44. The van der Waals surface area contributed by atoms with E-state index in [4.69, 9.17) is 0 Å². The van der Waals surface area contributed by atoms with Crippen molar-refractivity contribution in [3.8, 4) is 0 Å². The normalized spacial score (nSPS) is 15.2. The third kappa shape index (κ3) is 3.82. The van der Waals surface area contributed by atoms with Crippen LogP contribution in [0.15, 0.2) is 60.7 Å². The second-order valence-electron chi connectivity index (χ2n) is 8.77. The lowest BCUT2D eigenvalue weighted by molar-refractivity contribution is 0.103. The highest BCUT2D eigenvalue weighted by molar-refractivity contribution is 7.20. The van der Waals surface area contributed by atoms with E-state index in [0.717, 1.165) is 26.9 Å². The maximum atomic E-state index is 13.2. The molecule has 174 valence electrons. The van der Waals surface area contributed by atoms with Gasteiger partial charge in [0.2, 0.25) is 0 Å². The number of carbonyl (C=O) groups is 2. The molecule has 0 radical (unpaired) electrons. The molecule has 1 aliphatic heterocycles. The van der Waals surface area contributed by atoms with E-state index in [-0.39, 0.29) is 25.1 Å². The topological polar surface area (TPSA) is 110 Å². The molecule has 0 fully saturated rings. The van der Waals surface area contributed by atoms with Crippen molar-refractivity contribution in [3.63, 3.8) is 0 Å². The molecule has 0 aliphatic carbocycles. The van der Waals surface area contributed by atoms with Crippen LogP contribution in [-0.4, -0.2) is 38.7 Å². The number of hydrogen-bond acceptors (Lipinski definition) is 5. The fourth-order valence-electron chi connectivity index (χ4n) is 4.35. The molecule has 2 aromatic carbocycles. The Morgan fingerprint density at radius 3 is 2.65 bits per heavy atom. The molecular weight excluding hydrogens is 450 g/mol. The van der Waals surface area contributed by atoms with E-state index in [0.29, 0.717) is 10.7 Å². The number of carbonyl (C=O) groups excluding carboxylic acids is 2. The first-order chi connectivity index (χ1) is 16.4. The van der Waals surface area contributed by atoms with Gasteiger partial charge in [0.05, 0.1) is 35.3 Å². The lowest BCUT2D eigenvalue weighted by atomic mass is 10.0. The van der Waals surface area contributed by atoms with Crippen LogP contribution in [0.1, 0.15) is 46.4 Å². The predicted octanol–water partition coefficient (Wildman–Crippen LogP) is 4.37. The lowest BCUT2D eigenvalue weighted by Crippen LogP contribution is -2.47. The van der Waals surface area contributed by atoms with Gasteiger partial charge >= 0.3 is 6.03 Å². The number of fused-ring (bicyclic) bond motifs is 2. The van der Waals surface area contributed by atoms with Crippen LogP contribution in [0.4, 0.5) is 10.6 Å². The van der Waals surface area contributed by atoms with Gasteiger partial charge in [-0.3, -0.25) is 9.89 Å². The molecule has 34 heavy (non-hydrogen) atoms. The van der Waals surface area contributed by atoms with Crippen LogP contribution in [0.5, 0.6) is 0 Å². The molecule has 4 aromatic rings. The van der Waals surface area contributed by atoms with Gasteiger partial charge in [-0.05, 0) is 36.9 Å². The Morgan fingerprint density at radius 1 is 1.18 bits per heavy atom. The van der Waals surface area contributed by atoms with Gasteiger partial charge in [-0.1, -0.05) is 48.5 Å². The van der Waals surface area contributed by atoms with Crippen molar-refractivity contribution in [2.75, 3.05) is 11.9 Å². The van der Waals surface area contributed by atoms with E-state index in [1.807, 2.05) is 74.5 Å². The van der Waals surface area contributed by atoms with Crippen molar-refractivity contribution in [2.24, 2.45) is 0 Å². The zero-order chi connectivity index (χ0) is 23.9. The molecule has 0 bridgehead atoms. The number of anilines is 1. The summed E-state index contributed by atoms with van der Waals surface area (Å²) in [6.07, 6.45) is 0. The van der Waals surface area contributed by atoms with Crippen LogP contribution in [0.25, 0.3) is 10.1 Å². The average molecular weight is 476 g/mol. The maximum absolute atomic E-state index is 13.2. The molecular formula is C25H25N5O3S. The van der Waals surface area contributed by atoms with Crippen LogP contribution in [0, 0.1) is 0 Å². The van der Waals surface area contributed by atoms with Gasteiger partial charge in [0.25, 0.3) is 5.91 Å². The Labute approximate surface area is 200 Å². The Hall–Kier alpha value is -3.69. The number of aliphatic hydroxyl groups excluding tert-OH is 1. The van der Waals surface area contributed by atoms with Crippen LogP contribution in [-0.2, 0) is 12.1 Å². The number of rotatable bonds is 5. The first-order valence-electron chi connectivity index (χ1n) is 11.0. The van der Waals surface area contributed by atoms with E-state index in [1.54, 1.807) is 4.90 Å². The Bertz CT molecular complexity index is 1330. The number of H-pyrrole nitrogens is 1. The number of benzene rings is 2. The summed E-state index contributed by atoms with van der Waals surface area (Å²) in [6, 6.07) is 18.2. The smallest absolute Gasteiger partial charge is 0.319 e. The van der Waals surface area contributed by atoms with Crippen LogP contribution in [0.3, 0.4) is 0 Å². The predicted molar refractivity (Wildman–Crippen MR) is 132 cm³/mol. The number of aromatic nitrogens is 2. The fraction of sp³-hybridized carbons (Fsp3) is 0.240. The Balaban J connectivity index is 1.34. The summed E-state index contributed by atoms with van der Waals surface area (Å²) in [7, 11) is 0. The number of nitrogens with zero attached hydrogens (tertiary/aromatic N) is 2. The van der Waals surface area contributed by atoms with Crippen molar-refractivity contribution in [2.45, 2.75) is 32.0 Å². The minimum absolute atomic E-state index is 0.215. The van der Waals surface area contributed by atoms with Crippen LogP contribution < -0.4 is 10.6 Å². The second kappa shape index (κ2) is 8.58. The first kappa shape index (κ1) is 22.1. The number of hydrogen-bond donors (Lipinski definition) is 4. The summed E-state index contributed by atoms with van der Waals surface area (Å²) < 4.78 is 1.04. The highest BCUT2D eigenvalue weighted by atomic mass is 32.1. The quantitative estimate of drug-likeness (QED) is 0.343. The van der Waals surface area contributed by atoms with Crippen LogP contribution in [0.2, 0.25) is 0 Å². The third-order valence-corrected chi connectivity index (χ3v) is 7.39. The summed E-state index contributed by atoms with van der Waals surface area (Å²) >= 11 is 1.42. The number of thiophene rings is 1. The summed E-state index contributed by atoms with van der Waals surface area (Å²) in [5, 5.41) is 24.0. The largest absolute Gasteiger partial charge is 0.394 e. The number of amides is 3. The van der Waals surface area contributed by atoms with E-state index in [1.165, 1.54) is 11.3 Å². The third-order valence-electron chi connectivity index (χ3n) is 6.28. The van der Waals surface area contributed by atoms with Crippen molar-refractivity contribution >= 4 is 39.2 Å². The van der Waals surface area contributed by atoms with Gasteiger partial charge in [0.15, 0.2) is 5.82 Å². The van der Waals surface area contributed by atoms with Gasteiger partial charge in [0, 0.05) is 10.3 Å². The van der Waals surface area contributed by atoms with Gasteiger partial charge in [-0.2, -0.15) is 5.10 Å². The molecule has 3 heterocycles. The molecule has 0 saturated carbocycles. The molecule has 0 saturated heterocycles. The van der Waals surface area contributed by atoms with Crippen LogP contribution >= 0.6 is 11.3 Å². The van der Waals surface area contributed by atoms with Gasteiger partial charge < -0.3 is 20.6 Å². The molecule has 3 amide bonds. The Morgan fingerprint density at radius 2 is 1.91 bits per heavy atom. The Kier molecular flexibility index (Phi) is 5.59. The number of urea groups is 1. The molecule has 9 heteroatoms. The van der Waals surface area contributed by atoms with Crippen molar-refractivity contribution in [1.82, 2.24) is 20.4 Å². The minimum Gasteiger partial charge on any atom is -0.394 e. The molecule has 5 rings (SSSR count). The van der Waals surface area contributed by atoms with Gasteiger partial charge in [-0.25, -0.2) is 4.79 Å². The lowest BCUT2D eigenvalue weighted by Gasteiger charge is -2.33. The number of aromatic amines is 1. The van der Waals surface area contributed by atoms with Gasteiger partial charge in [-0.15, -0.1) is 11.3 Å². The summed E-state index contributed by atoms with van der Waals surface area (Å²) in [5.41, 5.74) is 1.69. The summed E-state index contributed by atoms with van der Waals surface area (Å²) in [4.78, 5) is 28.4. The summed E-state index contributed by atoms with van der Waals surface area (Å²) in [6.45, 7) is 3.91. The number of aliphatic hydroxyl groups is 1. The standard InChI is InChI=1S/C25H25N5O3S/c1-25(2)21-17(13-30(25)24(33)26-18(14-31)15-8-4-3-5-9-15)22(29-28-21)27-23(32)20-12-16-10-6-7-11-19(16)34-20/h3-12,18,31H,13-14H2,1-2H3,(H,26,33)(H2,27,28,29,32)/t18-/m1/s1. The average Bonchev–Trinajstić information content (AvgIpc) is 3.52. The van der Waals surface area contributed by atoms with E-state index in [2.05, 4.69) is 20.8 Å². The molecule has 8 nitrogen and oxygen atoms in total. The minimum atomic E-state index is -0.677. The number of nitrogens with one attached hydrogen (secondary N) is 3. The van der Waals surface area contributed by atoms with Crippen molar-refractivity contribution < 1.29 is 14.7 Å². The monoisotopic (exact) mass is 475 g/mol. The fourth-order valence-corrected chi connectivity index (χ4v) is 5.31. The van der Waals surface area contributed by atoms with Gasteiger partial charge in [0.1, 0.15) is 0 Å². The zero-order valence-corrected chi connectivity index (χ0v) is 19.6. The second-order valence-corrected chi connectivity index (χ2v) is 9.85. The summed E-state index contributed by atoms with van der Waals surface area (Å²) in [5.74, 6) is 0.184. The maximum Gasteiger partial charge on any atom is 0.319 e. The molecule has 4 N–H and O–H groups in total. The van der Waals surface area contributed by atoms with E-state index >= 15 is 0 Å². The van der Waals surface area contributed by atoms with E-state index < -0.39 is 11.6 Å². The highest BCUT2D eigenvalue weighted by Crippen LogP contribution is 2.41. The van der Waals surface area contributed by atoms with Crippen molar-refractivity contribution in [3.05, 3.63) is 82.4 Å². The molecule has 1 aliphatic rings. The molecule has 0 spiro atoms. The first-order valence-corrected chi connectivity index (χ1v) is 11.8. The SMILES string of the molecule is CC1(C)c2[nH]nc(NC(=O)c3cc4ccccc4s3)c2CN1C(=O)N[C@H](CO)c1ccccc1. The van der Waals surface area contributed by atoms with Crippen molar-refractivity contribution in [1.29, 1.82) is 0 Å². The molecule has 2 aromatic heterocycles. The molecule has 1 atom stereocenters. The molecule has 0 unspecified atom stereocenters.